The molecule has 0 spiro atoms. The zero-order chi connectivity index (χ0) is 36.5. The number of rotatable bonds is 12. The number of anilines is 2. The summed E-state index contributed by atoms with van der Waals surface area (Å²) in [7, 11) is 2.90. The molecule has 5 aromatic rings. The molecule has 52 heavy (non-hydrogen) atoms. The quantitative estimate of drug-likeness (QED) is 0.0676. The Kier molecular flexibility index (Phi) is 11.8. The van der Waals surface area contributed by atoms with Gasteiger partial charge in [0, 0.05) is 21.0 Å². The minimum absolute atomic E-state index is 0.0367. The number of nitrogens with one attached hydrogen (secondary N) is 3. The first-order chi connectivity index (χ1) is 25.3. The number of hydrogen-bond donors (Lipinski definition) is 3. The van der Waals surface area contributed by atoms with Crippen LogP contribution in [0, 0.1) is 0 Å². The Bertz CT molecular complexity index is 2110. The van der Waals surface area contributed by atoms with E-state index in [0.29, 0.717) is 39.0 Å². The molecule has 1 atom stereocenters. The van der Waals surface area contributed by atoms with Crippen molar-refractivity contribution in [3.8, 4) is 5.75 Å². The van der Waals surface area contributed by atoms with Gasteiger partial charge in [-0.3, -0.25) is 14.4 Å². The van der Waals surface area contributed by atoms with E-state index in [1.54, 1.807) is 86.0 Å². The molecule has 264 valence electrons. The van der Waals surface area contributed by atoms with Crippen LogP contribution in [0.25, 0.3) is 6.08 Å². The molecular weight excluding hydrogens is 695 g/mol. The average molecular weight is 732 g/mol. The summed E-state index contributed by atoms with van der Waals surface area (Å²) in [5.41, 5.74) is 4.24. The smallest absolute Gasteiger partial charge is 0.341 e. The Morgan fingerprint density at radius 3 is 2.37 bits per heavy atom. The van der Waals surface area contributed by atoms with Gasteiger partial charge in [-0.25, -0.2) is 4.79 Å². The number of carbonyl (C=O) groups excluding carboxylic acids is 4. The molecule has 4 aromatic carbocycles. The number of thiophene rings is 1. The monoisotopic (exact) mass is 731 g/mol. The van der Waals surface area contributed by atoms with Gasteiger partial charge in [-0.05, 0) is 90.4 Å². The fraction of sp³-hybridized carbons (Fsp3) is 0.171. The summed E-state index contributed by atoms with van der Waals surface area (Å²) >= 11 is 2.73. The van der Waals surface area contributed by atoms with Crippen LogP contribution in [0.15, 0.2) is 120 Å². The van der Waals surface area contributed by atoms with E-state index < -0.39 is 17.8 Å². The number of thioether (sulfide) groups is 1. The molecule has 6 rings (SSSR count). The molecule has 11 heteroatoms. The number of benzene rings is 4. The highest BCUT2D eigenvalue weighted by Crippen LogP contribution is 2.43. The summed E-state index contributed by atoms with van der Waals surface area (Å²) in [6.45, 7) is 0. The summed E-state index contributed by atoms with van der Waals surface area (Å²) in [5.74, 6) is -0.665. The normalized spacial score (nSPS) is 13.7. The maximum Gasteiger partial charge on any atom is 0.341 e. The first kappa shape index (κ1) is 36.2. The Hall–Kier alpha value is -5.65. The van der Waals surface area contributed by atoms with Crippen LogP contribution in [0.2, 0.25) is 0 Å². The lowest BCUT2D eigenvalue weighted by Gasteiger charge is -2.22. The van der Waals surface area contributed by atoms with E-state index in [9.17, 15) is 19.2 Å². The Morgan fingerprint density at radius 1 is 0.865 bits per heavy atom. The molecule has 1 aliphatic rings. The molecular formula is C41H37N3O6S2. The van der Waals surface area contributed by atoms with Crippen molar-refractivity contribution in [3.63, 3.8) is 0 Å². The van der Waals surface area contributed by atoms with Crippen molar-refractivity contribution in [1.82, 2.24) is 5.32 Å². The largest absolute Gasteiger partial charge is 0.497 e. The van der Waals surface area contributed by atoms with Crippen molar-refractivity contribution < 1.29 is 28.7 Å². The van der Waals surface area contributed by atoms with Crippen molar-refractivity contribution in [2.24, 2.45) is 0 Å². The molecule has 3 amide bonds. The molecule has 0 bridgehead atoms. The van der Waals surface area contributed by atoms with Crippen LogP contribution in [-0.4, -0.2) is 43.7 Å². The zero-order valence-corrected chi connectivity index (χ0v) is 30.3. The lowest BCUT2D eigenvalue weighted by molar-refractivity contribution is -0.114. The second kappa shape index (κ2) is 17.0. The van der Waals surface area contributed by atoms with Crippen LogP contribution in [0.3, 0.4) is 0 Å². The van der Waals surface area contributed by atoms with Gasteiger partial charge in [0.25, 0.3) is 11.8 Å². The van der Waals surface area contributed by atoms with Crippen LogP contribution >= 0.6 is 23.1 Å². The summed E-state index contributed by atoms with van der Waals surface area (Å²) < 4.78 is 10.4. The van der Waals surface area contributed by atoms with Gasteiger partial charge in [-0.1, -0.05) is 66.7 Å². The molecule has 1 aliphatic carbocycles. The highest BCUT2D eigenvalue weighted by molar-refractivity contribution is 8.00. The minimum Gasteiger partial charge on any atom is -0.497 e. The van der Waals surface area contributed by atoms with E-state index in [1.165, 1.54) is 35.8 Å². The minimum atomic E-state index is -0.529. The van der Waals surface area contributed by atoms with Crippen LogP contribution in [0.5, 0.6) is 5.75 Å². The van der Waals surface area contributed by atoms with Gasteiger partial charge in [0.15, 0.2) is 0 Å². The predicted molar refractivity (Wildman–Crippen MR) is 206 cm³/mol. The topological polar surface area (TPSA) is 123 Å². The second-order valence-corrected chi connectivity index (χ2v) is 14.2. The molecule has 0 radical (unpaired) electrons. The molecule has 9 nitrogen and oxygen atoms in total. The van der Waals surface area contributed by atoms with E-state index in [-0.39, 0.29) is 17.4 Å². The number of amides is 3. The summed E-state index contributed by atoms with van der Waals surface area (Å²) in [6, 6.07) is 33.2. The number of methoxy groups -OCH3 is 2. The van der Waals surface area contributed by atoms with Crippen molar-refractivity contribution in [1.29, 1.82) is 0 Å². The lowest BCUT2D eigenvalue weighted by atomic mass is 9.83. The highest BCUT2D eigenvalue weighted by atomic mass is 32.2. The fourth-order valence-corrected chi connectivity index (χ4v) is 8.10. The number of fused-ring (bicyclic) bond motifs is 1. The molecule has 3 N–H and O–H groups in total. The standard InChI is InChI=1S/C41H37N3O6S2/c1-49-31-17-9-11-26(21-31)22-34(43-38(46)28-14-7-4-8-15-28)39(47)42-30-16-10-18-32(24-30)51-25-36(45)44-40-37(41(48)50-2)33-20-19-29(23-35(33)52-40)27-12-5-3-6-13-27/h3-18,21-22,24,29H,19-20,23,25H2,1-2H3,(H,42,47)(H,43,46)(H,44,45)/b34-22-. The van der Waals surface area contributed by atoms with E-state index in [2.05, 4.69) is 28.1 Å². The maximum atomic E-state index is 13.6. The predicted octanol–water partition coefficient (Wildman–Crippen LogP) is 7.96. The summed E-state index contributed by atoms with van der Waals surface area (Å²) in [4.78, 5) is 54.6. The Labute approximate surface area is 310 Å². The summed E-state index contributed by atoms with van der Waals surface area (Å²) in [5, 5.41) is 9.08. The number of hydrogen-bond acceptors (Lipinski definition) is 8. The first-order valence-electron chi connectivity index (χ1n) is 16.6. The molecule has 0 saturated heterocycles. The molecule has 1 aromatic heterocycles. The number of carbonyl (C=O) groups is 4. The van der Waals surface area contributed by atoms with Gasteiger partial charge in [0.05, 0.1) is 25.5 Å². The third kappa shape index (κ3) is 8.98. The zero-order valence-electron chi connectivity index (χ0n) is 28.6. The van der Waals surface area contributed by atoms with Crippen LogP contribution < -0.4 is 20.7 Å². The third-order valence-corrected chi connectivity index (χ3v) is 10.7. The fourth-order valence-electron chi connectivity index (χ4n) is 6.02. The van der Waals surface area contributed by atoms with E-state index >= 15 is 0 Å². The number of esters is 1. The van der Waals surface area contributed by atoms with Crippen LogP contribution in [0.1, 0.15) is 54.6 Å². The van der Waals surface area contributed by atoms with Crippen molar-refractivity contribution in [3.05, 3.63) is 148 Å². The van der Waals surface area contributed by atoms with E-state index in [4.69, 9.17) is 9.47 Å². The van der Waals surface area contributed by atoms with E-state index in [0.717, 1.165) is 34.6 Å². The average Bonchev–Trinajstić information content (AvgIpc) is 3.54. The SMILES string of the molecule is COC(=O)c1c(NC(=O)CSc2cccc(NC(=O)/C(=C/c3cccc(OC)c3)NC(=O)c3ccccc3)c2)sc2c1CCC(c1ccccc1)C2. The summed E-state index contributed by atoms with van der Waals surface area (Å²) in [6.07, 6.45) is 4.01. The van der Waals surface area contributed by atoms with Crippen molar-refractivity contribution >= 4 is 63.6 Å². The van der Waals surface area contributed by atoms with E-state index in [1.807, 2.05) is 24.3 Å². The highest BCUT2D eigenvalue weighted by Gasteiger charge is 2.30. The second-order valence-electron chi connectivity index (χ2n) is 12.0. The molecule has 1 heterocycles. The first-order valence-corrected chi connectivity index (χ1v) is 18.5. The lowest BCUT2D eigenvalue weighted by Crippen LogP contribution is -2.30. The maximum absolute atomic E-state index is 13.6. The van der Waals surface area contributed by atoms with Crippen molar-refractivity contribution in [2.75, 3.05) is 30.6 Å². The van der Waals surface area contributed by atoms with Gasteiger partial charge in [0.1, 0.15) is 16.4 Å². The van der Waals surface area contributed by atoms with Gasteiger partial charge < -0.3 is 25.4 Å². The van der Waals surface area contributed by atoms with Crippen LogP contribution in [0.4, 0.5) is 10.7 Å². The van der Waals surface area contributed by atoms with Gasteiger partial charge in [-0.2, -0.15) is 0 Å². The Balaban J connectivity index is 1.13. The molecule has 0 saturated carbocycles. The van der Waals surface area contributed by atoms with Gasteiger partial charge in [0.2, 0.25) is 5.91 Å². The number of ether oxygens (including phenoxy) is 2. The molecule has 1 unspecified atom stereocenters. The third-order valence-electron chi connectivity index (χ3n) is 8.57. The van der Waals surface area contributed by atoms with Gasteiger partial charge in [-0.15, -0.1) is 23.1 Å². The van der Waals surface area contributed by atoms with Gasteiger partial charge >= 0.3 is 5.97 Å². The van der Waals surface area contributed by atoms with Crippen LogP contribution in [-0.2, 0) is 27.2 Å². The molecule has 0 aliphatic heterocycles. The Morgan fingerprint density at radius 2 is 1.62 bits per heavy atom. The molecule has 0 fully saturated rings. The van der Waals surface area contributed by atoms with Crippen molar-refractivity contribution in [2.45, 2.75) is 30.1 Å².